The molecule has 1 aromatic carbocycles. The molecule has 0 amide bonds. The Labute approximate surface area is 128 Å². The van der Waals surface area contributed by atoms with E-state index in [2.05, 4.69) is 27.5 Å². The van der Waals surface area contributed by atoms with Gasteiger partial charge in [0, 0.05) is 24.7 Å². The van der Waals surface area contributed by atoms with E-state index in [9.17, 15) is 4.39 Å². The Morgan fingerprint density at radius 1 is 1.14 bits per heavy atom. The molecule has 0 aliphatic rings. The number of halogens is 2. The second-order valence-electron chi connectivity index (χ2n) is 4.59. The molecule has 112 valence electrons. The van der Waals surface area contributed by atoms with Gasteiger partial charge in [0.1, 0.15) is 23.3 Å². The SMILES string of the molecule is CCCc1nc(NCC)cc(Nc2ccc(Cl)c(F)c2)n1. The third-order valence-electron chi connectivity index (χ3n) is 2.80. The lowest BCUT2D eigenvalue weighted by molar-refractivity contribution is 0.629. The van der Waals surface area contributed by atoms with Crippen LogP contribution in [0.4, 0.5) is 21.7 Å². The van der Waals surface area contributed by atoms with Crippen molar-refractivity contribution in [3.8, 4) is 0 Å². The molecule has 0 saturated heterocycles. The molecule has 0 aliphatic carbocycles. The standard InChI is InChI=1S/C15H18ClFN4/c1-3-5-13-20-14(18-4-2)9-15(21-13)19-10-6-7-11(16)12(17)8-10/h6-9H,3-5H2,1-2H3,(H2,18,19,20,21). The van der Waals surface area contributed by atoms with Crippen molar-refractivity contribution >= 4 is 28.9 Å². The quantitative estimate of drug-likeness (QED) is 0.830. The van der Waals surface area contributed by atoms with Gasteiger partial charge in [0.2, 0.25) is 0 Å². The second-order valence-corrected chi connectivity index (χ2v) is 5.00. The van der Waals surface area contributed by atoms with E-state index in [0.29, 0.717) is 11.5 Å². The van der Waals surface area contributed by atoms with Gasteiger partial charge in [0.15, 0.2) is 0 Å². The molecule has 1 aromatic heterocycles. The molecule has 2 aromatic rings. The summed E-state index contributed by atoms with van der Waals surface area (Å²) in [5.41, 5.74) is 0.598. The Hall–Kier alpha value is -1.88. The van der Waals surface area contributed by atoms with E-state index in [4.69, 9.17) is 11.6 Å². The Morgan fingerprint density at radius 2 is 1.90 bits per heavy atom. The van der Waals surface area contributed by atoms with Gasteiger partial charge in [-0.25, -0.2) is 14.4 Å². The first-order valence-corrected chi connectivity index (χ1v) is 7.34. The Balaban J connectivity index is 2.26. The fourth-order valence-corrected chi connectivity index (χ4v) is 2.01. The lowest BCUT2D eigenvalue weighted by atomic mass is 10.3. The maximum Gasteiger partial charge on any atom is 0.143 e. The molecule has 0 saturated carbocycles. The number of hydrogen-bond acceptors (Lipinski definition) is 4. The summed E-state index contributed by atoms with van der Waals surface area (Å²) in [7, 11) is 0. The van der Waals surface area contributed by atoms with Crippen molar-refractivity contribution in [3.63, 3.8) is 0 Å². The first-order chi connectivity index (χ1) is 10.1. The van der Waals surface area contributed by atoms with Crippen molar-refractivity contribution < 1.29 is 4.39 Å². The first-order valence-electron chi connectivity index (χ1n) is 6.96. The van der Waals surface area contributed by atoms with Crippen LogP contribution in [0.25, 0.3) is 0 Å². The Kier molecular flexibility index (Phi) is 5.33. The van der Waals surface area contributed by atoms with Gasteiger partial charge < -0.3 is 10.6 Å². The van der Waals surface area contributed by atoms with Gasteiger partial charge in [-0.2, -0.15) is 0 Å². The van der Waals surface area contributed by atoms with Crippen molar-refractivity contribution in [1.29, 1.82) is 0 Å². The second kappa shape index (κ2) is 7.22. The third kappa shape index (κ3) is 4.29. The fourth-order valence-electron chi connectivity index (χ4n) is 1.89. The molecule has 0 aliphatic heterocycles. The minimum atomic E-state index is -0.462. The van der Waals surface area contributed by atoms with E-state index >= 15 is 0 Å². The van der Waals surface area contributed by atoms with Crippen LogP contribution in [-0.4, -0.2) is 16.5 Å². The van der Waals surface area contributed by atoms with E-state index in [1.165, 1.54) is 12.1 Å². The number of aryl methyl sites for hydroxylation is 1. The van der Waals surface area contributed by atoms with Crippen LogP contribution in [0.3, 0.4) is 0 Å². The molecule has 0 atom stereocenters. The summed E-state index contributed by atoms with van der Waals surface area (Å²) < 4.78 is 13.5. The molecule has 2 rings (SSSR count). The monoisotopic (exact) mass is 308 g/mol. The van der Waals surface area contributed by atoms with Gasteiger partial charge in [-0.1, -0.05) is 18.5 Å². The molecule has 4 nitrogen and oxygen atoms in total. The van der Waals surface area contributed by atoms with Gasteiger partial charge in [-0.3, -0.25) is 0 Å². The minimum Gasteiger partial charge on any atom is -0.370 e. The van der Waals surface area contributed by atoms with Crippen LogP contribution in [0, 0.1) is 5.82 Å². The number of anilines is 3. The lowest BCUT2D eigenvalue weighted by Crippen LogP contribution is -2.06. The van der Waals surface area contributed by atoms with Crippen LogP contribution in [0.15, 0.2) is 24.3 Å². The van der Waals surface area contributed by atoms with Crippen molar-refractivity contribution in [2.45, 2.75) is 26.7 Å². The van der Waals surface area contributed by atoms with E-state index in [1.54, 1.807) is 12.1 Å². The number of nitrogens with one attached hydrogen (secondary N) is 2. The number of aromatic nitrogens is 2. The van der Waals surface area contributed by atoms with Gasteiger partial charge in [0.25, 0.3) is 0 Å². The third-order valence-corrected chi connectivity index (χ3v) is 3.10. The number of hydrogen-bond donors (Lipinski definition) is 2. The lowest BCUT2D eigenvalue weighted by Gasteiger charge is -2.10. The summed E-state index contributed by atoms with van der Waals surface area (Å²) in [6, 6.07) is 6.37. The predicted octanol–water partition coefficient (Wildman–Crippen LogP) is 4.40. The molecule has 1 heterocycles. The average Bonchev–Trinajstić information content (AvgIpc) is 2.43. The van der Waals surface area contributed by atoms with Gasteiger partial charge in [-0.05, 0) is 31.5 Å². The average molecular weight is 309 g/mol. The molecule has 21 heavy (non-hydrogen) atoms. The maximum absolute atomic E-state index is 13.5. The molecule has 0 fully saturated rings. The van der Waals surface area contributed by atoms with Crippen LogP contribution in [0.1, 0.15) is 26.1 Å². The van der Waals surface area contributed by atoms with Gasteiger partial charge >= 0.3 is 0 Å². The molecule has 0 spiro atoms. The smallest absolute Gasteiger partial charge is 0.143 e. The molecule has 0 unspecified atom stereocenters. The highest BCUT2D eigenvalue weighted by Crippen LogP contribution is 2.22. The van der Waals surface area contributed by atoms with Crippen molar-refractivity contribution in [2.75, 3.05) is 17.2 Å². The molecule has 2 N–H and O–H groups in total. The van der Waals surface area contributed by atoms with Gasteiger partial charge in [-0.15, -0.1) is 0 Å². The van der Waals surface area contributed by atoms with Crippen LogP contribution < -0.4 is 10.6 Å². The number of nitrogens with zero attached hydrogens (tertiary/aromatic N) is 2. The zero-order chi connectivity index (χ0) is 15.2. The molecule has 0 bridgehead atoms. The van der Waals surface area contributed by atoms with Crippen molar-refractivity contribution in [1.82, 2.24) is 9.97 Å². The summed E-state index contributed by atoms with van der Waals surface area (Å²) in [4.78, 5) is 8.86. The first kappa shape index (κ1) is 15.5. The van der Waals surface area contributed by atoms with Crippen LogP contribution in [0.5, 0.6) is 0 Å². The van der Waals surface area contributed by atoms with Crippen molar-refractivity contribution in [2.24, 2.45) is 0 Å². The molecule has 6 heteroatoms. The summed E-state index contributed by atoms with van der Waals surface area (Å²) in [6.07, 6.45) is 1.76. The van der Waals surface area contributed by atoms with E-state index in [0.717, 1.165) is 31.0 Å². The highest BCUT2D eigenvalue weighted by Gasteiger charge is 2.06. The largest absolute Gasteiger partial charge is 0.370 e. The Morgan fingerprint density at radius 3 is 2.57 bits per heavy atom. The summed E-state index contributed by atoms with van der Waals surface area (Å²) in [6.45, 7) is 4.85. The van der Waals surface area contributed by atoms with E-state index < -0.39 is 5.82 Å². The van der Waals surface area contributed by atoms with Crippen molar-refractivity contribution in [3.05, 3.63) is 40.9 Å². The molecular formula is C15H18ClFN4. The highest BCUT2D eigenvalue weighted by atomic mass is 35.5. The zero-order valence-corrected chi connectivity index (χ0v) is 12.8. The summed E-state index contributed by atoms with van der Waals surface area (Å²) >= 11 is 5.68. The van der Waals surface area contributed by atoms with Crippen LogP contribution >= 0.6 is 11.6 Å². The highest BCUT2D eigenvalue weighted by molar-refractivity contribution is 6.30. The Bertz CT molecular complexity index is 594. The predicted molar refractivity (Wildman–Crippen MR) is 84.9 cm³/mol. The summed E-state index contributed by atoms with van der Waals surface area (Å²) in [5, 5.41) is 6.35. The maximum atomic E-state index is 13.5. The fraction of sp³-hybridized carbons (Fsp3) is 0.333. The molecular weight excluding hydrogens is 291 g/mol. The molecule has 0 radical (unpaired) electrons. The topological polar surface area (TPSA) is 49.8 Å². The van der Waals surface area contributed by atoms with E-state index in [-0.39, 0.29) is 5.02 Å². The van der Waals surface area contributed by atoms with Crippen LogP contribution in [-0.2, 0) is 6.42 Å². The number of benzene rings is 1. The summed E-state index contributed by atoms with van der Waals surface area (Å²) in [5.74, 6) is 1.68. The zero-order valence-electron chi connectivity index (χ0n) is 12.1. The number of rotatable bonds is 6. The normalized spacial score (nSPS) is 10.5. The van der Waals surface area contributed by atoms with Crippen LogP contribution in [0.2, 0.25) is 5.02 Å². The minimum absolute atomic E-state index is 0.100. The van der Waals surface area contributed by atoms with E-state index in [1.807, 2.05) is 6.92 Å². The van der Waals surface area contributed by atoms with Gasteiger partial charge in [0.05, 0.1) is 5.02 Å².